The van der Waals surface area contributed by atoms with Crippen LogP contribution in [0.1, 0.15) is 29.8 Å². The molecule has 2 N–H and O–H groups in total. The van der Waals surface area contributed by atoms with E-state index in [0.29, 0.717) is 41.5 Å². The third-order valence-corrected chi connectivity index (χ3v) is 3.95. The lowest BCUT2D eigenvalue weighted by molar-refractivity contribution is -0.123. The number of amides is 1. The second kappa shape index (κ2) is 8.47. The van der Waals surface area contributed by atoms with Crippen LogP contribution in [0.15, 0.2) is 42.2 Å². The van der Waals surface area contributed by atoms with Crippen LogP contribution in [0.5, 0.6) is 23.0 Å². The number of carbonyl (C=O) groups excluding carboxylic acids is 2. The molecule has 0 aliphatic carbocycles. The molecule has 7 nitrogen and oxygen atoms in total. The summed E-state index contributed by atoms with van der Waals surface area (Å²) >= 11 is 0. The summed E-state index contributed by atoms with van der Waals surface area (Å²) in [6, 6.07) is 9.49. The van der Waals surface area contributed by atoms with Crippen LogP contribution in [0, 0.1) is 0 Å². The number of phenolic OH excluding ortho intramolecular Hbond substituents is 1. The molecular formula is C21H21NO6. The van der Waals surface area contributed by atoms with E-state index in [1.54, 1.807) is 24.3 Å². The maximum Gasteiger partial charge on any atom is 0.257 e. The topological polar surface area (TPSA) is 94.1 Å². The minimum atomic E-state index is -0.260. The van der Waals surface area contributed by atoms with Gasteiger partial charge in [0.05, 0.1) is 12.2 Å². The Hall–Kier alpha value is -3.48. The number of phenols is 1. The molecule has 3 rings (SSSR count). The average molecular weight is 383 g/mol. The predicted octanol–water partition coefficient (Wildman–Crippen LogP) is 2.92. The predicted molar refractivity (Wildman–Crippen MR) is 103 cm³/mol. The lowest BCUT2D eigenvalue weighted by Gasteiger charge is -2.12. The van der Waals surface area contributed by atoms with Crippen LogP contribution < -0.4 is 19.5 Å². The zero-order valence-corrected chi connectivity index (χ0v) is 15.7. The number of ether oxygens (including phenoxy) is 3. The summed E-state index contributed by atoms with van der Waals surface area (Å²) in [4.78, 5) is 24.0. The van der Waals surface area contributed by atoms with Gasteiger partial charge in [-0.1, -0.05) is 6.07 Å². The first-order valence-corrected chi connectivity index (χ1v) is 8.95. The van der Waals surface area contributed by atoms with Crippen molar-refractivity contribution in [3.8, 4) is 23.0 Å². The number of benzene rings is 2. The van der Waals surface area contributed by atoms with Crippen LogP contribution in [0.25, 0.3) is 6.08 Å². The summed E-state index contributed by atoms with van der Waals surface area (Å²) in [5.41, 5.74) is 1.07. The van der Waals surface area contributed by atoms with Crippen molar-refractivity contribution in [1.29, 1.82) is 0 Å². The number of likely N-dealkylation sites (N-methyl/N-ethyl adjacent to an activating group) is 1. The fourth-order valence-electron chi connectivity index (χ4n) is 2.72. The van der Waals surface area contributed by atoms with Gasteiger partial charge in [0.1, 0.15) is 11.5 Å². The van der Waals surface area contributed by atoms with E-state index in [4.69, 9.17) is 14.2 Å². The molecule has 28 heavy (non-hydrogen) atoms. The lowest BCUT2D eigenvalue weighted by atomic mass is 10.1. The van der Waals surface area contributed by atoms with E-state index in [0.717, 1.165) is 0 Å². The summed E-state index contributed by atoms with van der Waals surface area (Å²) in [7, 11) is 0. The Bertz CT molecular complexity index is 934. The lowest BCUT2D eigenvalue weighted by Crippen LogP contribution is -2.28. The molecule has 0 spiro atoms. The van der Waals surface area contributed by atoms with Gasteiger partial charge in [-0.2, -0.15) is 0 Å². The van der Waals surface area contributed by atoms with Crippen molar-refractivity contribution in [1.82, 2.24) is 5.32 Å². The number of fused-ring (bicyclic) bond motifs is 1. The van der Waals surface area contributed by atoms with Crippen LogP contribution in [0.2, 0.25) is 0 Å². The van der Waals surface area contributed by atoms with Gasteiger partial charge in [0, 0.05) is 12.6 Å². The number of hydrogen-bond acceptors (Lipinski definition) is 6. The second-order valence-corrected chi connectivity index (χ2v) is 6.00. The van der Waals surface area contributed by atoms with Crippen LogP contribution >= 0.6 is 0 Å². The monoisotopic (exact) mass is 383 g/mol. The largest absolute Gasteiger partial charge is 0.508 e. The van der Waals surface area contributed by atoms with Crippen molar-refractivity contribution < 1.29 is 28.9 Å². The van der Waals surface area contributed by atoms with Gasteiger partial charge < -0.3 is 24.6 Å². The van der Waals surface area contributed by atoms with Gasteiger partial charge in [-0.25, -0.2) is 0 Å². The molecule has 0 aromatic heterocycles. The minimum Gasteiger partial charge on any atom is -0.508 e. The van der Waals surface area contributed by atoms with E-state index in [-0.39, 0.29) is 29.8 Å². The van der Waals surface area contributed by atoms with Crippen LogP contribution in [-0.2, 0) is 4.79 Å². The van der Waals surface area contributed by atoms with E-state index < -0.39 is 0 Å². The Morgan fingerprint density at radius 3 is 2.71 bits per heavy atom. The maximum absolute atomic E-state index is 12.5. The third-order valence-electron chi connectivity index (χ3n) is 3.95. The number of aromatic hydroxyl groups is 1. The molecule has 0 bridgehead atoms. The Morgan fingerprint density at radius 2 is 1.96 bits per heavy atom. The van der Waals surface area contributed by atoms with Gasteiger partial charge in [-0.3, -0.25) is 9.59 Å². The van der Waals surface area contributed by atoms with Crippen molar-refractivity contribution in [2.75, 3.05) is 19.8 Å². The van der Waals surface area contributed by atoms with E-state index in [2.05, 4.69) is 5.32 Å². The van der Waals surface area contributed by atoms with Crippen molar-refractivity contribution in [2.24, 2.45) is 0 Å². The molecule has 146 valence electrons. The molecule has 0 atom stereocenters. The molecule has 2 aromatic rings. The molecule has 0 saturated heterocycles. The minimum absolute atomic E-state index is 0.0278. The fraction of sp³-hybridized carbons (Fsp3) is 0.238. The fourth-order valence-corrected chi connectivity index (χ4v) is 2.72. The van der Waals surface area contributed by atoms with Gasteiger partial charge in [0.25, 0.3) is 5.91 Å². The number of allylic oxidation sites excluding steroid dienone is 1. The Morgan fingerprint density at radius 1 is 1.14 bits per heavy atom. The van der Waals surface area contributed by atoms with Crippen molar-refractivity contribution in [3.63, 3.8) is 0 Å². The highest BCUT2D eigenvalue weighted by molar-refractivity contribution is 6.14. The molecule has 1 aliphatic rings. The number of rotatable bonds is 7. The zero-order chi connectivity index (χ0) is 20.1. The third kappa shape index (κ3) is 4.25. The quantitative estimate of drug-likeness (QED) is 0.714. The molecule has 7 heteroatoms. The molecule has 0 radical (unpaired) electrons. The molecule has 0 unspecified atom stereocenters. The van der Waals surface area contributed by atoms with Gasteiger partial charge in [-0.05, 0) is 49.8 Å². The highest BCUT2D eigenvalue weighted by atomic mass is 16.5. The molecule has 1 heterocycles. The van der Waals surface area contributed by atoms with Gasteiger partial charge in [0.15, 0.2) is 23.9 Å². The van der Waals surface area contributed by atoms with E-state index in [9.17, 15) is 14.7 Å². The number of carbonyl (C=O) groups is 2. The van der Waals surface area contributed by atoms with Crippen LogP contribution in [0.3, 0.4) is 0 Å². The molecule has 1 aliphatic heterocycles. The number of Topliss-reactive ketones (excluding diaryl/α,β-unsaturated/α-hetero) is 1. The molecule has 1 amide bonds. The first-order chi connectivity index (χ1) is 13.5. The Balaban J connectivity index is 1.81. The summed E-state index contributed by atoms with van der Waals surface area (Å²) in [5, 5.41) is 12.2. The first-order valence-electron chi connectivity index (χ1n) is 8.95. The normalized spacial score (nSPS) is 13.8. The average Bonchev–Trinajstić information content (AvgIpc) is 2.96. The maximum atomic E-state index is 12.5. The van der Waals surface area contributed by atoms with Gasteiger partial charge in [-0.15, -0.1) is 0 Å². The van der Waals surface area contributed by atoms with Gasteiger partial charge >= 0.3 is 0 Å². The number of hydrogen-bond donors (Lipinski definition) is 2. The summed E-state index contributed by atoms with van der Waals surface area (Å²) in [6.07, 6.45) is 1.59. The first kappa shape index (κ1) is 19.3. The molecule has 2 aromatic carbocycles. The van der Waals surface area contributed by atoms with Crippen molar-refractivity contribution in [2.45, 2.75) is 13.8 Å². The highest BCUT2D eigenvalue weighted by Gasteiger charge is 2.27. The summed E-state index contributed by atoms with van der Waals surface area (Å²) in [6.45, 7) is 4.50. The number of ketones is 1. The van der Waals surface area contributed by atoms with Crippen molar-refractivity contribution >= 4 is 17.8 Å². The number of nitrogens with one attached hydrogen (secondary N) is 1. The summed E-state index contributed by atoms with van der Waals surface area (Å²) in [5.74, 6) is 0.915. The molecular weight excluding hydrogens is 362 g/mol. The molecule has 0 fully saturated rings. The van der Waals surface area contributed by atoms with Crippen LogP contribution in [-0.4, -0.2) is 36.6 Å². The van der Waals surface area contributed by atoms with Crippen molar-refractivity contribution in [3.05, 3.63) is 53.3 Å². The smallest absolute Gasteiger partial charge is 0.257 e. The zero-order valence-electron chi connectivity index (χ0n) is 15.7. The summed E-state index contributed by atoms with van der Waals surface area (Å²) < 4.78 is 16.7. The van der Waals surface area contributed by atoms with Crippen LogP contribution in [0.4, 0.5) is 0 Å². The van der Waals surface area contributed by atoms with E-state index >= 15 is 0 Å². The molecule has 0 saturated carbocycles. The van der Waals surface area contributed by atoms with E-state index in [1.807, 2.05) is 13.8 Å². The second-order valence-electron chi connectivity index (χ2n) is 6.00. The van der Waals surface area contributed by atoms with E-state index in [1.165, 1.54) is 18.2 Å². The van der Waals surface area contributed by atoms with Gasteiger partial charge in [0.2, 0.25) is 5.78 Å². The highest BCUT2D eigenvalue weighted by Crippen LogP contribution is 2.35. The Kier molecular flexibility index (Phi) is 5.84. The Labute approximate surface area is 162 Å². The SMILES string of the molecule is CCNC(=O)COc1ccc(/C=C2\Oc3cc(O)ccc3C2=O)cc1OCC. The standard InChI is InChI=1S/C21H21NO6/c1-3-22-20(24)12-27-16-8-5-13(9-18(16)26-4-2)10-19-21(25)15-7-6-14(23)11-17(15)28-19/h5-11,23H,3-4,12H2,1-2H3,(H,22,24)/b19-10-.